The van der Waals surface area contributed by atoms with Crippen LogP contribution in [-0.4, -0.2) is 24.3 Å². The van der Waals surface area contributed by atoms with Crippen molar-refractivity contribution in [2.24, 2.45) is 5.92 Å². The molecular formula is C19H28O4S. The molecule has 1 rings (SSSR count). The fourth-order valence-corrected chi connectivity index (χ4v) is 2.82. The lowest BCUT2D eigenvalue weighted by atomic mass is 10.0. The van der Waals surface area contributed by atoms with E-state index in [4.69, 9.17) is 9.47 Å². The summed E-state index contributed by atoms with van der Waals surface area (Å²) < 4.78 is 10.9. The average molecular weight is 352 g/mol. The number of thioether (sulfide) groups is 1. The Kier molecular flexibility index (Phi) is 9.53. The molecule has 0 aliphatic heterocycles. The van der Waals surface area contributed by atoms with Crippen LogP contribution in [0.5, 0.6) is 5.75 Å². The summed E-state index contributed by atoms with van der Waals surface area (Å²) in [5, 5.41) is 0. The fraction of sp³-hybridized carbons (Fsp3) is 0.579. The summed E-state index contributed by atoms with van der Waals surface area (Å²) in [5.74, 6) is 0.319. The van der Waals surface area contributed by atoms with Crippen molar-refractivity contribution >= 4 is 23.7 Å². The van der Waals surface area contributed by atoms with Crippen LogP contribution in [0.4, 0.5) is 0 Å². The summed E-state index contributed by atoms with van der Waals surface area (Å²) >= 11 is 1.53. The van der Waals surface area contributed by atoms with Crippen molar-refractivity contribution < 1.29 is 19.1 Å². The molecule has 0 heterocycles. The number of rotatable bonds is 10. The summed E-state index contributed by atoms with van der Waals surface area (Å²) in [5.41, 5.74) is 0. The topological polar surface area (TPSA) is 52.6 Å². The molecule has 24 heavy (non-hydrogen) atoms. The Morgan fingerprint density at radius 3 is 2.42 bits per heavy atom. The van der Waals surface area contributed by atoms with Gasteiger partial charge in [0.2, 0.25) is 0 Å². The molecule has 0 saturated heterocycles. The van der Waals surface area contributed by atoms with Gasteiger partial charge in [0.25, 0.3) is 0 Å². The van der Waals surface area contributed by atoms with E-state index in [0.717, 1.165) is 17.7 Å². The Morgan fingerprint density at radius 1 is 1.12 bits per heavy atom. The van der Waals surface area contributed by atoms with Crippen molar-refractivity contribution in [3.05, 3.63) is 24.3 Å². The van der Waals surface area contributed by atoms with Crippen molar-refractivity contribution in [2.45, 2.75) is 63.9 Å². The van der Waals surface area contributed by atoms with Crippen LogP contribution in [0.25, 0.3) is 0 Å². The molecule has 0 aromatic heterocycles. The van der Waals surface area contributed by atoms with Gasteiger partial charge in [0.1, 0.15) is 11.9 Å². The van der Waals surface area contributed by atoms with Gasteiger partial charge in [-0.05, 0) is 37.1 Å². The second-order valence-corrected chi connectivity index (χ2v) is 6.89. The van der Waals surface area contributed by atoms with Crippen molar-refractivity contribution in [1.82, 2.24) is 0 Å². The number of benzene rings is 1. The van der Waals surface area contributed by atoms with E-state index in [1.54, 1.807) is 6.07 Å². The Morgan fingerprint density at radius 2 is 1.79 bits per heavy atom. The zero-order chi connectivity index (χ0) is 17.9. The number of carbonyl (C=O) groups is 2. The Labute approximate surface area is 149 Å². The molecule has 0 fully saturated rings. The molecule has 0 amide bonds. The maximum absolute atomic E-state index is 11.9. The molecule has 1 unspecified atom stereocenters. The van der Waals surface area contributed by atoms with Crippen molar-refractivity contribution in [2.75, 3.05) is 6.26 Å². The van der Waals surface area contributed by atoms with Crippen LogP contribution in [0.1, 0.15) is 52.9 Å². The van der Waals surface area contributed by atoms with Crippen LogP contribution in [0.2, 0.25) is 0 Å². The second kappa shape index (κ2) is 11.1. The highest BCUT2D eigenvalue weighted by atomic mass is 32.2. The van der Waals surface area contributed by atoms with E-state index >= 15 is 0 Å². The van der Waals surface area contributed by atoms with Crippen LogP contribution in [0.3, 0.4) is 0 Å². The van der Waals surface area contributed by atoms with Crippen molar-refractivity contribution in [3.8, 4) is 5.75 Å². The normalized spacial score (nSPS) is 12.0. The summed E-state index contributed by atoms with van der Waals surface area (Å²) in [7, 11) is 0. The number of carbonyl (C=O) groups excluding carboxylic acids is 2. The number of ether oxygens (including phenoxy) is 2. The number of esters is 2. The third kappa shape index (κ3) is 7.39. The van der Waals surface area contributed by atoms with Gasteiger partial charge in [-0.1, -0.05) is 39.3 Å². The lowest BCUT2D eigenvalue weighted by Crippen LogP contribution is -2.23. The predicted octanol–water partition coefficient (Wildman–Crippen LogP) is 4.85. The highest BCUT2D eigenvalue weighted by Gasteiger charge is 2.17. The van der Waals surface area contributed by atoms with Crippen LogP contribution in [0, 0.1) is 5.92 Å². The molecule has 1 aromatic rings. The summed E-state index contributed by atoms with van der Waals surface area (Å²) in [4.78, 5) is 24.7. The minimum Gasteiger partial charge on any atom is -0.462 e. The van der Waals surface area contributed by atoms with Gasteiger partial charge in [-0.2, -0.15) is 0 Å². The van der Waals surface area contributed by atoms with Crippen LogP contribution in [0.15, 0.2) is 29.2 Å². The molecule has 4 nitrogen and oxygen atoms in total. The van der Waals surface area contributed by atoms with E-state index in [-0.39, 0.29) is 30.9 Å². The predicted molar refractivity (Wildman–Crippen MR) is 97.3 cm³/mol. The summed E-state index contributed by atoms with van der Waals surface area (Å²) in [6.07, 6.45) is 4.64. The molecule has 1 atom stereocenters. The first-order chi connectivity index (χ1) is 11.5. The second-order valence-electron chi connectivity index (χ2n) is 6.04. The van der Waals surface area contributed by atoms with Crippen molar-refractivity contribution in [1.29, 1.82) is 0 Å². The van der Waals surface area contributed by atoms with E-state index < -0.39 is 0 Å². The summed E-state index contributed by atoms with van der Waals surface area (Å²) in [6.45, 7) is 6.17. The third-order valence-corrected chi connectivity index (χ3v) is 4.43. The SMILES string of the molecule is CCCC(OC(=O)CCCC(=O)Oc1ccccc1SC)C(C)C. The van der Waals surface area contributed by atoms with E-state index in [1.807, 2.05) is 38.3 Å². The smallest absolute Gasteiger partial charge is 0.311 e. The molecule has 0 aliphatic carbocycles. The van der Waals surface area contributed by atoms with E-state index in [2.05, 4.69) is 6.92 Å². The molecule has 0 N–H and O–H groups in total. The Bertz CT molecular complexity index is 528. The van der Waals surface area contributed by atoms with Gasteiger partial charge < -0.3 is 9.47 Å². The van der Waals surface area contributed by atoms with Gasteiger partial charge in [-0.3, -0.25) is 9.59 Å². The van der Waals surface area contributed by atoms with Crippen molar-refractivity contribution in [3.63, 3.8) is 0 Å². The average Bonchev–Trinajstić information content (AvgIpc) is 2.54. The molecule has 134 valence electrons. The monoisotopic (exact) mass is 352 g/mol. The zero-order valence-corrected chi connectivity index (χ0v) is 15.9. The Balaban J connectivity index is 2.36. The van der Waals surface area contributed by atoms with E-state index in [0.29, 0.717) is 18.1 Å². The first kappa shape index (κ1) is 20.6. The minimum atomic E-state index is -0.321. The number of hydrogen-bond acceptors (Lipinski definition) is 5. The minimum absolute atomic E-state index is 0.0390. The molecule has 0 bridgehead atoms. The zero-order valence-electron chi connectivity index (χ0n) is 15.0. The molecule has 0 spiro atoms. The van der Waals surface area contributed by atoms with Gasteiger partial charge in [-0.15, -0.1) is 11.8 Å². The molecule has 0 saturated carbocycles. The van der Waals surface area contributed by atoms with Crippen LogP contribution >= 0.6 is 11.8 Å². The standard InChI is InChI=1S/C19H28O4S/c1-5-9-15(14(2)3)22-18(20)12-8-13-19(21)23-16-10-6-7-11-17(16)24-4/h6-7,10-11,14-15H,5,8-9,12-13H2,1-4H3. The first-order valence-electron chi connectivity index (χ1n) is 8.51. The number of hydrogen-bond donors (Lipinski definition) is 0. The molecule has 5 heteroatoms. The van der Waals surface area contributed by atoms with E-state index in [1.165, 1.54) is 11.8 Å². The quantitative estimate of drug-likeness (QED) is 0.342. The van der Waals surface area contributed by atoms with Crippen LogP contribution in [-0.2, 0) is 14.3 Å². The molecular weight excluding hydrogens is 324 g/mol. The van der Waals surface area contributed by atoms with Gasteiger partial charge in [0.05, 0.1) is 0 Å². The highest BCUT2D eigenvalue weighted by Crippen LogP contribution is 2.27. The van der Waals surface area contributed by atoms with Gasteiger partial charge >= 0.3 is 11.9 Å². The largest absolute Gasteiger partial charge is 0.462 e. The van der Waals surface area contributed by atoms with Gasteiger partial charge in [-0.25, -0.2) is 0 Å². The highest BCUT2D eigenvalue weighted by molar-refractivity contribution is 7.98. The number of para-hydroxylation sites is 1. The van der Waals surface area contributed by atoms with Gasteiger partial charge in [0, 0.05) is 17.7 Å². The lowest BCUT2D eigenvalue weighted by molar-refractivity contribution is -0.151. The van der Waals surface area contributed by atoms with Crippen LogP contribution < -0.4 is 4.74 Å². The summed E-state index contributed by atoms with van der Waals surface area (Å²) in [6, 6.07) is 7.42. The molecule has 0 aliphatic rings. The fourth-order valence-electron chi connectivity index (χ4n) is 2.29. The molecule has 0 radical (unpaired) electrons. The lowest BCUT2D eigenvalue weighted by Gasteiger charge is -2.20. The maximum atomic E-state index is 11.9. The maximum Gasteiger partial charge on any atom is 0.311 e. The van der Waals surface area contributed by atoms with Gasteiger partial charge in [0.15, 0.2) is 0 Å². The third-order valence-electron chi connectivity index (χ3n) is 3.65. The Hall–Kier alpha value is -1.49. The first-order valence-corrected chi connectivity index (χ1v) is 9.73. The molecule has 1 aromatic carbocycles. The van der Waals surface area contributed by atoms with E-state index in [9.17, 15) is 9.59 Å².